The van der Waals surface area contributed by atoms with E-state index in [-0.39, 0.29) is 11.7 Å². The zero-order valence-electron chi connectivity index (χ0n) is 7.47. The highest BCUT2D eigenvalue weighted by atomic mass is 16.3. The van der Waals surface area contributed by atoms with E-state index in [0.29, 0.717) is 5.82 Å². The molecule has 1 aromatic rings. The summed E-state index contributed by atoms with van der Waals surface area (Å²) in [5, 5.41) is 9.55. The molecule has 1 unspecified atom stereocenters. The van der Waals surface area contributed by atoms with Gasteiger partial charge in [-0.05, 0) is 18.8 Å². The zero-order valence-corrected chi connectivity index (χ0v) is 7.47. The van der Waals surface area contributed by atoms with Crippen molar-refractivity contribution in [3.63, 3.8) is 0 Å². The molecule has 0 bridgehead atoms. The van der Waals surface area contributed by atoms with E-state index in [4.69, 9.17) is 0 Å². The molecule has 70 valence electrons. The summed E-state index contributed by atoms with van der Waals surface area (Å²) in [5.41, 5.74) is 0. The van der Waals surface area contributed by atoms with Crippen LogP contribution in [0, 0.1) is 5.92 Å². The van der Waals surface area contributed by atoms with Gasteiger partial charge in [0.2, 0.25) is 5.78 Å². The Morgan fingerprint density at radius 2 is 2.46 bits per heavy atom. The molecule has 13 heavy (non-hydrogen) atoms. The van der Waals surface area contributed by atoms with Gasteiger partial charge in [0, 0.05) is 19.4 Å². The Hall–Kier alpha value is -1.16. The van der Waals surface area contributed by atoms with Crippen LogP contribution in [0.5, 0.6) is 0 Å². The minimum atomic E-state index is -0.846. The molecule has 1 saturated carbocycles. The third-order valence-corrected chi connectivity index (χ3v) is 2.38. The number of aromatic nitrogens is 2. The fourth-order valence-electron chi connectivity index (χ4n) is 1.36. The molecule has 1 aliphatic carbocycles. The fourth-order valence-corrected chi connectivity index (χ4v) is 1.36. The monoisotopic (exact) mass is 180 g/mol. The van der Waals surface area contributed by atoms with Gasteiger partial charge in [-0.2, -0.15) is 0 Å². The van der Waals surface area contributed by atoms with Crippen LogP contribution < -0.4 is 0 Å². The SMILES string of the molecule is Cn1ccnc1C(=O)C(O)C1CC1. The topological polar surface area (TPSA) is 55.1 Å². The molecule has 0 amide bonds. The van der Waals surface area contributed by atoms with E-state index < -0.39 is 6.10 Å². The van der Waals surface area contributed by atoms with Crippen LogP contribution in [0.15, 0.2) is 12.4 Å². The summed E-state index contributed by atoms with van der Waals surface area (Å²) in [5.74, 6) is 0.263. The molecule has 1 fully saturated rings. The van der Waals surface area contributed by atoms with E-state index in [2.05, 4.69) is 4.98 Å². The first-order valence-electron chi connectivity index (χ1n) is 4.39. The number of hydrogen-bond acceptors (Lipinski definition) is 3. The van der Waals surface area contributed by atoms with Gasteiger partial charge in [0.25, 0.3) is 0 Å². The average molecular weight is 180 g/mol. The summed E-state index contributed by atoms with van der Waals surface area (Å²) >= 11 is 0. The van der Waals surface area contributed by atoms with Crippen LogP contribution >= 0.6 is 0 Å². The van der Waals surface area contributed by atoms with Gasteiger partial charge in [0.15, 0.2) is 5.82 Å². The summed E-state index contributed by atoms with van der Waals surface area (Å²) in [6.07, 6.45) is 4.33. The number of hydrogen-bond donors (Lipinski definition) is 1. The molecule has 1 atom stereocenters. The average Bonchev–Trinajstić information content (AvgIpc) is 2.87. The van der Waals surface area contributed by atoms with E-state index >= 15 is 0 Å². The van der Waals surface area contributed by atoms with Gasteiger partial charge >= 0.3 is 0 Å². The normalized spacial score (nSPS) is 18.6. The van der Waals surface area contributed by atoms with Gasteiger partial charge in [0.1, 0.15) is 6.10 Å². The second kappa shape index (κ2) is 2.96. The molecule has 0 radical (unpaired) electrons. The molecule has 1 N–H and O–H groups in total. The summed E-state index contributed by atoms with van der Waals surface area (Å²) < 4.78 is 1.63. The van der Waals surface area contributed by atoms with E-state index in [0.717, 1.165) is 12.8 Å². The van der Waals surface area contributed by atoms with E-state index in [1.807, 2.05) is 0 Å². The molecule has 0 saturated heterocycles. The lowest BCUT2D eigenvalue weighted by molar-refractivity contribution is 0.0689. The molecule has 1 aliphatic rings. The first kappa shape index (κ1) is 8.44. The molecule has 1 aromatic heterocycles. The lowest BCUT2D eigenvalue weighted by Crippen LogP contribution is -2.25. The Morgan fingerprint density at radius 1 is 1.77 bits per heavy atom. The number of aliphatic hydroxyl groups excluding tert-OH is 1. The molecule has 0 spiro atoms. The van der Waals surface area contributed by atoms with Crippen molar-refractivity contribution in [1.82, 2.24) is 9.55 Å². The molecule has 4 heteroatoms. The second-order valence-electron chi connectivity index (χ2n) is 3.51. The van der Waals surface area contributed by atoms with Crippen LogP contribution in [0.25, 0.3) is 0 Å². The maximum atomic E-state index is 11.6. The third kappa shape index (κ3) is 1.49. The van der Waals surface area contributed by atoms with Gasteiger partial charge in [0.05, 0.1) is 0 Å². The van der Waals surface area contributed by atoms with Crippen molar-refractivity contribution in [3.8, 4) is 0 Å². The predicted octanol–water partition coefficient (Wildman–Crippen LogP) is 0.374. The Kier molecular flexibility index (Phi) is 1.92. The van der Waals surface area contributed by atoms with Gasteiger partial charge < -0.3 is 9.67 Å². The Balaban J connectivity index is 2.16. The summed E-state index contributed by atoms with van der Waals surface area (Å²) in [4.78, 5) is 15.5. The zero-order chi connectivity index (χ0) is 9.42. The number of carbonyl (C=O) groups excluding carboxylic acids is 1. The van der Waals surface area contributed by atoms with Crippen molar-refractivity contribution in [3.05, 3.63) is 18.2 Å². The minimum absolute atomic E-state index is 0.171. The molecular weight excluding hydrogens is 168 g/mol. The first-order valence-corrected chi connectivity index (χ1v) is 4.39. The van der Waals surface area contributed by atoms with Crippen LogP contribution in [-0.2, 0) is 7.05 Å². The van der Waals surface area contributed by atoms with Gasteiger partial charge in [-0.15, -0.1) is 0 Å². The number of aliphatic hydroxyl groups is 1. The van der Waals surface area contributed by atoms with Crippen molar-refractivity contribution >= 4 is 5.78 Å². The van der Waals surface area contributed by atoms with Crippen molar-refractivity contribution in [1.29, 1.82) is 0 Å². The largest absolute Gasteiger partial charge is 0.385 e. The Morgan fingerprint density at radius 3 is 2.92 bits per heavy atom. The number of ketones is 1. The van der Waals surface area contributed by atoms with Gasteiger partial charge in [-0.1, -0.05) is 0 Å². The summed E-state index contributed by atoms with van der Waals surface area (Å²) in [7, 11) is 1.75. The smallest absolute Gasteiger partial charge is 0.226 e. The van der Waals surface area contributed by atoms with Crippen LogP contribution in [0.1, 0.15) is 23.5 Å². The van der Waals surface area contributed by atoms with Crippen molar-refractivity contribution in [2.24, 2.45) is 13.0 Å². The van der Waals surface area contributed by atoms with Crippen LogP contribution in [0.3, 0.4) is 0 Å². The van der Waals surface area contributed by atoms with E-state index in [1.165, 1.54) is 0 Å². The predicted molar refractivity (Wildman–Crippen MR) is 46.3 cm³/mol. The van der Waals surface area contributed by atoms with Crippen molar-refractivity contribution in [2.45, 2.75) is 18.9 Å². The molecule has 2 rings (SSSR count). The number of imidazole rings is 1. The molecule has 1 heterocycles. The third-order valence-electron chi connectivity index (χ3n) is 2.38. The van der Waals surface area contributed by atoms with Crippen LogP contribution in [0.2, 0.25) is 0 Å². The lowest BCUT2D eigenvalue weighted by atomic mass is 10.1. The van der Waals surface area contributed by atoms with Crippen LogP contribution in [0.4, 0.5) is 0 Å². The quantitative estimate of drug-likeness (QED) is 0.684. The standard InChI is InChI=1S/C9H12N2O2/c1-11-5-4-10-9(11)8(13)7(12)6-2-3-6/h4-7,12H,2-3H2,1H3. The Bertz CT molecular complexity index is 328. The van der Waals surface area contributed by atoms with Crippen molar-refractivity contribution < 1.29 is 9.90 Å². The minimum Gasteiger partial charge on any atom is -0.385 e. The number of rotatable bonds is 3. The van der Waals surface area contributed by atoms with E-state index in [1.54, 1.807) is 24.0 Å². The maximum absolute atomic E-state index is 11.6. The number of nitrogens with zero attached hydrogens (tertiary/aromatic N) is 2. The second-order valence-corrected chi connectivity index (χ2v) is 3.51. The Labute approximate surface area is 76.2 Å². The first-order chi connectivity index (χ1) is 6.20. The van der Waals surface area contributed by atoms with Gasteiger partial charge in [-0.25, -0.2) is 4.98 Å². The molecular formula is C9H12N2O2. The molecule has 4 nitrogen and oxygen atoms in total. The van der Waals surface area contributed by atoms with Gasteiger partial charge in [-0.3, -0.25) is 4.79 Å². The number of carbonyl (C=O) groups is 1. The van der Waals surface area contributed by atoms with Crippen LogP contribution in [-0.4, -0.2) is 26.5 Å². The fraction of sp³-hybridized carbons (Fsp3) is 0.556. The summed E-state index contributed by atoms with van der Waals surface area (Å²) in [6.45, 7) is 0. The highest BCUT2D eigenvalue weighted by molar-refractivity contribution is 5.96. The highest BCUT2D eigenvalue weighted by Gasteiger charge is 2.36. The summed E-state index contributed by atoms with van der Waals surface area (Å²) in [6, 6.07) is 0. The van der Waals surface area contributed by atoms with Crippen molar-refractivity contribution in [2.75, 3.05) is 0 Å². The van der Waals surface area contributed by atoms with E-state index in [9.17, 15) is 9.90 Å². The molecule has 0 aliphatic heterocycles. The number of aryl methyl sites for hydroxylation is 1. The molecule has 0 aromatic carbocycles. The lowest BCUT2D eigenvalue weighted by Gasteiger charge is -2.06. The highest BCUT2D eigenvalue weighted by Crippen LogP contribution is 2.33. The maximum Gasteiger partial charge on any atom is 0.226 e. The number of Topliss-reactive ketones (excluding diaryl/α,β-unsaturated/α-hetero) is 1.